The average Bonchev–Trinajstić information content (AvgIpc) is 2.77. The fourth-order valence-corrected chi connectivity index (χ4v) is 2.86. The molecule has 3 heteroatoms. The van der Waals surface area contributed by atoms with E-state index in [4.69, 9.17) is 4.74 Å². The summed E-state index contributed by atoms with van der Waals surface area (Å²) in [6, 6.07) is 9.89. The molecule has 1 aromatic carbocycles. The van der Waals surface area contributed by atoms with Crippen LogP contribution < -0.4 is 4.74 Å². The van der Waals surface area contributed by atoms with Crippen LogP contribution >= 0.6 is 0 Å². The van der Waals surface area contributed by atoms with Gasteiger partial charge in [0.1, 0.15) is 17.0 Å². The first-order valence-electron chi connectivity index (χ1n) is 6.47. The Morgan fingerprint density at radius 1 is 1.32 bits per heavy atom. The molecule has 19 heavy (non-hydrogen) atoms. The summed E-state index contributed by atoms with van der Waals surface area (Å²) < 4.78 is 5.35. The molecule has 0 saturated carbocycles. The quantitative estimate of drug-likeness (QED) is 0.896. The van der Waals surface area contributed by atoms with Crippen molar-refractivity contribution in [3.63, 3.8) is 0 Å². The minimum Gasteiger partial charge on any atom is -0.495 e. The lowest BCUT2D eigenvalue weighted by atomic mass is 9.90. The average molecular weight is 255 g/mol. The van der Waals surface area contributed by atoms with Crippen molar-refractivity contribution in [2.24, 2.45) is 0 Å². The van der Waals surface area contributed by atoms with Gasteiger partial charge in [-0.1, -0.05) is 23.8 Å². The van der Waals surface area contributed by atoms with Gasteiger partial charge in [-0.15, -0.1) is 0 Å². The van der Waals surface area contributed by atoms with E-state index in [0.717, 1.165) is 17.5 Å². The van der Waals surface area contributed by atoms with Gasteiger partial charge in [-0.2, -0.15) is 0 Å². The van der Waals surface area contributed by atoms with Crippen molar-refractivity contribution in [1.82, 2.24) is 4.98 Å². The summed E-state index contributed by atoms with van der Waals surface area (Å²) in [5.41, 5.74) is 2.88. The fourth-order valence-electron chi connectivity index (χ4n) is 2.86. The molecule has 1 aliphatic carbocycles. The second-order valence-corrected chi connectivity index (χ2v) is 5.08. The number of ether oxygens (including phenoxy) is 1. The van der Waals surface area contributed by atoms with Gasteiger partial charge in [0, 0.05) is 6.20 Å². The van der Waals surface area contributed by atoms with Gasteiger partial charge in [-0.3, -0.25) is 4.98 Å². The highest BCUT2D eigenvalue weighted by molar-refractivity contribution is 5.48. The zero-order valence-electron chi connectivity index (χ0n) is 11.2. The number of benzene rings is 1. The number of methoxy groups -OCH3 is 1. The van der Waals surface area contributed by atoms with Crippen LogP contribution in [0.1, 0.15) is 28.8 Å². The zero-order chi connectivity index (χ0) is 13.5. The van der Waals surface area contributed by atoms with Crippen LogP contribution in [0, 0.1) is 6.92 Å². The van der Waals surface area contributed by atoms with Gasteiger partial charge >= 0.3 is 0 Å². The molecule has 1 unspecified atom stereocenters. The van der Waals surface area contributed by atoms with Crippen LogP contribution in [-0.2, 0) is 12.0 Å². The van der Waals surface area contributed by atoms with Crippen LogP contribution in [0.5, 0.6) is 5.75 Å². The third-order valence-electron chi connectivity index (χ3n) is 3.85. The molecule has 1 heterocycles. The molecule has 0 spiro atoms. The van der Waals surface area contributed by atoms with E-state index in [2.05, 4.69) is 23.2 Å². The van der Waals surface area contributed by atoms with Crippen LogP contribution in [0.4, 0.5) is 0 Å². The maximum absolute atomic E-state index is 11.1. The number of fused-ring (bicyclic) bond motifs is 1. The second-order valence-electron chi connectivity index (χ2n) is 5.08. The highest BCUT2D eigenvalue weighted by atomic mass is 16.5. The molecule has 98 valence electrons. The Kier molecular flexibility index (Phi) is 2.79. The van der Waals surface area contributed by atoms with E-state index >= 15 is 0 Å². The second kappa shape index (κ2) is 4.35. The predicted molar refractivity (Wildman–Crippen MR) is 73.3 cm³/mol. The molecule has 0 aliphatic heterocycles. The van der Waals surface area contributed by atoms with Gasteiger partial charge in [0.2, 0.25) is 0 Å². The van der Waals surface area contributed by atoms with Crippen molar-refractivity contribution in [1.29, 1.82) is 0 Å². The van der Waals surface area contributed by atoms with E-state index in [-0.39, 0.29) is 0 Å². The third kappa shape index (κ3) is 1.81. The Hall–Kier alpha value is -1.87. The van der Waals surface area contributed by atoms with E-state index in [1.807, 2.05) is 19.1 Å². The van der Waals surface area contributed by atoms with Crippen molar-refractivity contribution in [2.45, 2.75) is 25.4 Å². The van der Waals surface area contributed by atoms with Crippen LogP contribution in [0.3, 0.4) is 0 Å². The molecule has 3 nitrogen and oxygen atoms in total. The molecule has 0 saturated heterocycles. The highest BCUT2D eigenvalue weighted by Gasteiger charge is 2.41. The monoisotopic (exact) mass is 255 g/mol. The van der Waals surface area contributed by atoms with Gasteiger partial charge in [-0.05, 0) is 43.0 Å². The number of hydrogen-bond donors (Lipinski definition) is 1. The first-order valence-corrected chi connectivity index (χ1v) is 6.47. The summed E-state index contributed by atoms with van der Waals surface area (Å²) in [5, 5.41) is 11.1. The van der Waals surface area contributed by atoms with Gasteiger partial charge in [0.05, 0.1) is 7.11 Å². The minimum atomic E-state index is -1.03. The number of hydrogen-bond acceptors (Lipinski definition) is 3. The molecule has 0 fully saturated rings. The van der Waals surface area contributed by atoms with Crippen LogP contribution in [0.15, 0.2) is 36.5 Å². The molecule has 1 atom stereocenters. The standard InChI is InChI=1S/C16H17NO2/c1-11-5-6-12-7-8-16(18,13(12)10-11)15-14(19-2)4-3-9-17-15/h3-6,9-10,18H,7-8H2,1-2H3. The lowest BCUT2D eigenvalue weighted by Crippen LogP contribution is -2.26. The maximum atomic E-state index is 11.1. The Balaban J connectivity index is 2.19. The molecule has 0 bridgehead atoms. The molecule has 2 aromatic rings. The van der Waals surface area contributed by atoms with Crippen LogP contribution in [0.2, 0.25) is 0 Å². The number of pyridine rings is 1. The Bertz CT molecular complexity index is 624. The van der Waals surface area contributed by atoms with Crippen LogP contribution in [0.25, 0.3) is 0 Å². The minimum absolute atomic E-state index is 0.613. The van der Waals surface area contributed by atoms with Crippen LogP contribution in [-0.4, -0.2) is 17.2 Å². The van der Waals surface area contributed by atoms with Crippen molar-refractivity contribution < 1.29 is 9.84 Å². The molecule has 1 aliphatic rings. The van der Waals surface area contributed by atoms with Crippen molar-refractivity contribution in [2.75, 3.05) is 7.11 Å². The van der Waals surface area contributed by atoms with Crippen molar-refractivity contribution in [3.8, 4) is 5.75 Å². The van der Waals surface area contributed by atoms with Crippen molar-refractivity contribution >= 4 is 0 Å². The summed E-state index contributed by atoms with van der Waals surface area (Å²) in [7, 11) is 1.61. The number of nitrogens with zero attached hydrogens (tertiary/aromatic N) is 1. The van der Waals surface area contributed by atoms with Gasteiger partial charge < -0.3 is 9.84 Å². The molecule has 1 N–H and O–H groups in total. The number of rotatable bonds is 2. The Morgan fingerprint density at radius 3 is 2.95 bits per heavy atom. The summed E-state index contributed by atoms with van der Waals surface area (Å²) in [6.07, 6.45) is 3.22. The first kappa shape index (κ1) is 12.2. The summed E-state index contributed by atoms with van der Waals surface area (Å²) >= 11 is 0. The lowest BCUT2D eigenvalue weighted by molar-refractivity contribution is 0.0750. The number of aryl methyl sites for hydroxylation is 2. The molecule has 0 amide bonds. The Morgan fingerprint density at radius 2 is 2.16 bits per heavy atom. The van der Waals surface area contributed by atoms with Crippen molar-refractivity contribution in [3.05, 3.63) is 58.9 Å². The zero-order valence-corrected chi connectivity index (χ0v) is 11.2. The van der Waals surface area contributed by atoms with E-state index in [9.17, 15) is 5.11 Å². The van der Waals surface area contributed by atoms with E-state index in [1.165, 1.54) is 5.56 Å². The largest absolute Gasteiger partial charge is 0.495 e. The summed E-state index contributed by atoms with van der Waals surface area (Å²) in [5.74, 6) is 0.638. The molecular weight excluding hydrogens is 238 g/mol. The summed E-state index contributed by atoms with van der Waals surface area (Å²) in [6.45, 7) is 2.04. The number of aliphatic hydroxyl groups is 1. The topological polar surface area (TPSA) is 42.4 Å². The molecule has 3 rings (SSSR count). The third-order valence-corrected chi connectivity index (χ3v) is 3.85. The van der Waals surface area contributed by atoms with Gasteiger partial charge in [0.25, 0.3) is 0 Å². The van der Waals surface area contributed by atoms with E-state index in [1.54, 1.807) is 13.3 Å². The maximum Gasteiger partial charge on any atom is 0.143 e. The first-order chi connectivity index (χ1) is 9.15. The SMILES string of the molecule is COc1cccnc1C1(O)CCc2ccc(C)cc21. The smallest absolute Gasteiger partial charge is 0.143 e. The highest BCUT2D eigenvalue weighted by Crippen LogP contribution is 2.44. The Labute approximate surface area is 112 Å². The molecule has 0 radical (unpaired) electrons. The number of aromatic nitrogens is 1. The molecule has 1 aromatic heterocycles. The lowest BCUT2D eigenvalue weighted by Gasteiger charge is -2.25. The predicted octanol–water partition coefficient (Wildman–Crippen LogP) is 2.58. The van der Waals surface area contributed by atoms with Gasteiger partial charge in [0.15, 0.2) is 0 Å². The van der Waals surface area contributed by atoms with E-state index < -0.39 is 5.60 Å². The molecular formula is C16H17NO2. The van der Waals surface area contributed by atoms with E-state index in [0.29, 0.717) is 17.9 Å². The fraction of sp³-hybridized carbons (Fsp3) is 0.312. The summed E-state index contributed by atoms with van der Waals surface area (Å²) in [4.78, 5) is 4.36. The normalized spacial score (nSPS) is 21.2. The van der Waals surface area contributed by atoms with Gasteiger partial charge in [-0.25, -0.2) is 0 Å².